The van der Waals surface area contributed by atoms with Crippen molar-refractivity contribution in [2.24, 2.45) is 22.7 Å². The average molecular weight is 348 g/mol. The fourth-order valence-corrected chi connectivity index (χ4v) is 6.11. The standard InChI is InChI=1S/C20H28O5/c1-9(2)12-15(22)16(23)14-17-13-11(18(24)25-17)10(21)5-6-19(13,3)7-8-20(12,14)4/h9-10,12,15-16,21-23H,5-8H2,1-4H3. The van der Waals surface area contributed by atoms with Gasteiger partial charge in [-0.25, -0.2) is 4.79 Å². The van der Waals surface area contributed by atoms with Crippen LogP contribution in [-0.2, 0) is 9.53 Å². The minimum Gasteiger partial charge on any atom is -0.423 e. The molecule has 1 aliphatic heterocycles. The summed E-state index contributed by atoms with van der Waals surface area (Å²) >= 11 is 0. The van der Waals surface area contributed by atoms with Crippen LogP contribution in [0.3, 0.4) is 0 Å². The van der Waals surface area contributed by atoms with Gasteiger partial charge in [-0.3, -0.25) is 0 Å². The first-order valence-electron chi connectivity index (χ1n) is 9.38. The van der Waals surface area contributed by atoms with E-state index in [1.54, 1.807) is 0 Å². The molecule has 138 valence electrons. The largest absolute Gasteiger partial charge is 0.423 e. The second-order valence-corrected chi connectivity index (χ2v) is 9.16. The molecule has 0 radical (unpaired) electrons. The van der Waals surface area contributed by atoms with Gasteiger partial charge in [0, 0.05) is 16.6 Å². The van der Waals surface area contributed by atoms with Crippen molar-refractivity contribution in [2.45, 2.75) is 71.7 Å². The zero-order chi connectivity index (χ0) is 18.3. The minimum absolute atomic E-state index is 0.0953. The predicted molar refractivity (Wildman–Crippen MR) is 91.2 cm³/mol. The van der Waals surface area contributed by atoms with E-state index in [1.165, 1.54) is 0 Å². The van der Waals surface area contributed by atoms with E-state index in [4.69, 9.17) is 4.74 Å². The van der Waals surface area contributed by atoms with Crippen LogP contribution in [0.1, 0.15) is 53.4 Å². The van der Waals surface area contributed by atoms with Crippen LogP contribution < -0.4 is 0 Å². The van der Waals surface area contributed by atoms with E-state index in [2.05, 4.69) is 27.7 Å². The van der Waals surface area contributed by atoms with E-state index in [0.717, 1.165) is 24.8 Å². The molecular weight excluding hydrogens is 320 g/mol. The number of allylic oxidation sites excluding steroid dienone is 1. The predicted octanol–water partition coefficient (Wildman–Crippen LogP) is 2.06. The van der Waals surface area contributed by atoms with Crippen molar-refractivity contribution < 1.29 is 24.9 Å². The lowest BCUT2D eigenvalue weighted by Gasteiger charge is -2.38. The van der Waals surface area contributed by atoms with Gasteiger partial charge in [-0.05, 0) is 42.9 Å². The summed E-state index contributed by atoms with van der Waals surface area (Å²) in [5.74, 6) is 0.0460. The molecule has 4 rings (SSSR count). The summed E-state index contributed by atoms with van der Waals surface area (Å²) in [6.45, 7) is 8.35. The Morgan fingerprint density at radius 1 is 1.12 bits per heavy atom. The molecule has 6 atom stereocenters. The zero-order valence-corrected chi connectivity index (χ0v) is 15.4. The Balaban J connectivity index is 2.00. The third-order valence-corrected chi connectivity index (χ3v) is 7.31. The highest BCUT2D eigenvalue weighted by Crippen LogP contribution is 2.63. The number of carbonyl (C=O) groups excluding carboxylic acids is 1. The molecule has 1 heterocycles. The number of aliphatic hydroxyl groups is 3. The molecule has 0 amide bonds. The number of aliphatic hydroxyl groups excluding tert-OH is 3. The van der Waals surface area contributed by atoms with Gasteiger partial charge in [0.05, 0.1) is 17.8 Å². The molecule has 25 heavy (non-hydrogen) atoms. The Morgan fingerprint density at radius 3 is 2.44 bits per heavy atom. The molecule has 0 saturated heterocycles. The first-order chi connectivity index (χ1) is 11.6. The van der Waals surface area contributed by atoms with Crippen LogP contribution in [0.15, 0.2) is 22.5 Å². The Morgan fingerprint density at radius 2 is 1.80 bits per heavy atom. The lowest BCUT2D eigenvalue weighted by Crippen LogP contribution is -2.35. The van der Waals surface area contributed by atoms with Gasteiger partial charge in [0.25, 0.3) is 0 Å². The second-order valence-electron chi connectivity index (χ2n) is 9.16. The van der Waals surface area contributed by atoms with Crippen molar-refractivity contribution in [3.8, 4) is 0 Å². The van der Waals surface area contributed by atoms with Gasteiger partial charge in [-0.15, -0.1) is 0 Å². The molecule has 4 aliphatic rings. The summed E-state index contributed by atoms with van der Waals surface area (Å²) in [5.41, 5.74) is 1.16. The summed E-state index contributed by atoms with van der Waals surface area (Å²) in [6, 6.07) is 0. The van der Waals surface area contributed by atoms with Gasteiger partial charge in [-0.2, -0.15) is 0 Å². The maximum absolute atomic E-state index is 12.5. The molecule has 1 saturated carbocycles. The Labute approximate surface area is 148 Å². The number of esters is 1. The van der Waals surface area contributed by atoms with E-state index < -0.39 is 29.7 Å². The topological polar surface area (TPSA) is 87.0 Å². The molecule has 1 fully saturated rings. The maximum Gasteiger partial charge on any atom is 0.342 e. The van der Waals surface area contributed by atoms with Gasteiger partial charge in [0.1, 0.15) is 11.9 Å². The summed E-state index contributed by atoms with van der Waals surface area (Å²) < 4.78 is 5.66. The van der Waals surface area contributed by atoms with Gasteiger partial charge in [0.2, 0.25) is 0 Å². The summed E-state index contributed by atoms with van der Waals surface area (Å²) in [4.78, 5) is 12.5. The quantitative estimate of drug-likeness (QED) is 0.632. The van der Waals surface area contributed by atoms with Crippen molar-refractivity contribution in [3.63, 3.8) is 0 Å². The van der Waals surface area contributed by atoms with Crippen molar-refractivity contribution in [3.05, 3.63) is 22.5 Å². The van der Waals surface area contributed by atoms with Gasteiger partial charge in [0.15, 0.2) is 0 Å². The molecule has 0 aromatic heterocycles. The van der Waals surface area contributed by atoms with Crippen LogP contribution >= 0.6 is 0 Å². The number of fused-ring (bicyclic) bond motifs is 1. The van der Waals surface area contributed by atoms with Crippen LogP contribution in [0, 0.1) is 22.7 Å². The van der Waals surface area contributed by atoms with E-state index in [9.17, 15) is 20.1 Å². The molecule has 0 aromatic rings. The Kier molecular flexibility index (Phi) is 3.57. The maximum atomic E-state index is 12.5. The van der Waals surface area contributed by atoms with Crippen molar-refractivity contribution in [2.75, 3.05) is 0 Å². The second kappa shape index (κ2) is 5.18. The number of ether oxygens (including phenoxy) is 1. The molecule has 0 aromatic carbocycles. The molecule has 0 bridgehead atoms. The fraction of sp³-hybridized carbons (Fsp3) is 0.750. The summed E-state index contributed by atoms with van der Waals surface area (Å²) in [6.07, 6.45) is 0.319. The third-order valence-electron chi connectivity index (χ3n) is 7.31. The van der Waals surface area contributed by atoms with Crippen LogP contribution in [0.25, 0.3) is 0 Å². The third kappa shape index (κ3) is 2.03. The summed E-state index contributed by atoms with van der Waals surface area (Å²) in [5, 5.41) is 32.0. The van der Waals surface area contributed by atoms with Crippen molar-refractivity contribution >= 4 is 5.97 Å². The first-order valence-corrected chi connectivity index (χ1v) is 9.38. The van der Waals surface area contributed by atoms with E-state index in [0.29, 0.717) is 23.3 Å². The number of hydrogen-bond donors (Lipinski definition) is 3. The molecule has 3 N–H and O–H groups in total. The Bertz CT molecular complexity index is 705. The van der Waals surface area contributed by atoms with Gasteiger partial charge >= 0.3 is 5.97 Å². The SMILES string of the molecule is CC(C)C1C(O)C(O)C2=C3OC(=O)C4=C3C(C)(CCC4O)CCC21C. The van der Waals surface area contributed by atoms with Crippen molar-refractivity contribution in [1.29, 1.82) is 0 Å². The summed E-state index contributed by atoms with van der Waals surface area (Å²) in [7, 11) is 0. The minimum atomic E-state index is -1.03. The normalized spacial score (nSPS) is 46.3. The van der Waals surface area contributed by atoms with E-state index in [1.807, 2.05) is 0 Å². The van der Waals surface area contributed by atoms with Crippen molar-refractivity contribution in [1.82, 2.24) is 0 Å². The molecule has 6 unspecified atom stereocenters. The molecular formula is C20H28O5. The fourth-order valence-electron chi connectivity index (χ4n) is 6.11. The van der Waals surface area contributed by atoms with Crippen LogP contribution in [0.2, 0.25) is 0 Å². The van der Waals surface area contributed by atoms with Gasteiger partial charge < -0.3 is 20.1 Å². The Hall–Kier alpha value is -1.17. The van der Waals surface area contributed by atoms with Crippen LogP contribution in [0.4, 0.5) is 0 Å². The smallest absolute Gasteiger partial charge is 0.342 e. The van der Waals surface area contributed by atoms with E-state index in [-0.39, 0.29) is 17.3 Å². The monoisotopic (exact) mass is 348 g/mol. The molecule has 5 heteroatoms. The average Bonchev–Trinajstić information content (AvgIpc) is 2.93. The van der Waals surface area contributed by atoms with Gasteiger partial charge in [-0.1, -0.05) is 27.7 Å². The molecule has 3 aliphatic carbocycles. The highest BCUT2D eigenvalue weighted by molar-refractivity contribution is 5.96. The van der Waals surface area contributed by atoms with Crippen LogP contribution in [-0.4, -0.2) is 39.6 Å². The molecule has 0 spiro atoms. The lowest BCUT2D eigenvalue weighted by atomic mass is 9.65. The highest BCUT2D eigenvalue weighted by atomic mass is 16.5. The number of hydrogen-bond acceptors (Lipinski definition) is 5. The molecule has 5 nitrogen and oxygen atoms in total. The van der Waals surface area contributed by atoms with E-state index >= 15 is 0 Å². The number of rotatable bonds is 1. The highest BCUT2D eigenvalue weighted by Gasteiger charge is 2.61. The zero-order valence-electron chi connectivity index (χ0n) is 15.4. The number of carbonyl (C=O) groups is 1. The van der Waals surface area contributed by atoms with Crippen LogP contribution in [0.5, 0.6) is 0 Å². The lowest BCUT2D eigenvalue weighted by molar-refractivity contribution is -0.134. The first kappa shape index (κ1) is 17.3.